The van der Waals surface area contributed by atoms with Gasteiger partial charge in [0.2, 0.25) is 0 Å². The Labute approximate surface area is 121 Å². The molecule has 122 valence electrons. The van der Waals surface area contributed by atoms with Crippen LogP contribution in [0.1, 0.15) is 12.8 Å². The van der Waals surface area contributed by atoms with Crippen LogP contribution in [0.4, 0.5) is 0 Å². The van der Waals surface area contributed by atoms with E-state index in [-0.39, 0.29) is 19.6 Å². The van der Waals surface area contributed by atoms with E-state index < -0.39 is 49.5 Å². The number of ether oxygens (including phenoxy) is 3. The predicted octanol–water partition coefficient (Wildman–Crippen LogP) is -1.88. The zero-order valence-corrected chi connectivity index (χ0v) is 11.4. The highest BCUT2D eigenvalue weighted by Gasteiger charge is 2.43. The Bertz CT molecular complexity index is 343. The molecule has 2 heterocycles. The summed E-state index contributed by atoms with van der Waals surface area (Å²) in [5.74, 6) is 0. The van der Waals surface area contributed by atoms with E-state index in [1.54, 1.807) is 0 Å². The number of aliphatic hydroxyl groups excluding tert-OH is 4. The van der Waals surface area contributed by atoms with Gasteiger partial charge in [-0.05, 0) is 0 Å². The first-order valence-electron chi connectivity index (χ1n) is 6.91. The quantitative estimate of drug-likeness (QED) is 0.433. The first kappa shape index (κ1) is 16.7. The summed E-state index contributed by atoms with van der Waals surface area (Å²) >= 11 is 0. The standard InChI is InChI=1S/C12H21NO8/c14-3-7-1-6(16)2-10(20-7)21-9-5-19-8(4-15)12(17)11(9)13-18/h6-12,14-17H,1-5H2/t6-,7-,8-,9+,10-,11-,12-/m1/s1. The first-order chi connectivity index (χ1) is 10.1. The molecule has 0 saturated carbocycles. The Kier molecular flexibility index (Phi) is 5.99. The lowest BCUT2D eigenvalue weighted by atomic mass is 9.98. The van der Waals surface area contributed by atoms with Crippen molar-refractivity contribution in [3.63, 3.8) is 0 Å². The van der Waals surface area contributed by atoms with Crippen LogP contribution in [0, 0.1) is 4.91 Å². The first-order valence-corrected chi connectivity index (χ1v) is 6.91. The fourth-order valence-electron chi connectivity index (χ4n) is 2.61. The summed E-state index contributed by atoms with van der Waals surface area (Å²) in [4.78, 5) is 10.9. The minimum atomic E-state index is -1.27. The highest BCUT2D eigenvalue weighted by molar-refractivity contribution is 4.93. The predicted molar refractivity (Wildman–Crippen MR) is 68.3 cm³/mol. The van der Waals surface area contributed by atoms with Crippen molar-refractivity contribution >= 4 is 0 Å². The number of hydrogen-bond acceptors (Lipinski definition) is 9. The average molecular weight is 307 g/mol. The normalized spacial score (nSPS) is 44.5. The molecule has 2 aliphatic rings. The molecule has 9 nitrogen and oxygen atoms in total. The van der Waals surface area contributed by atoms with Gasteiger partial charge in [0.05, 0.1) is 32.0 Å². The molecule has 0 bridgehead atoms. The summed E-state index contributed by atoms with van der Waals surface area (Å²) in [6.45, 7) is -0.702. The van der Waals surface area contributed by atoms with Crippen molar-refractivity contribution in [1.82, 2.24) is 0 Å². The van der Waals surface area contributed by atoms with Crippen LogP contribution in [0.15, 0.2) is 5.18 Å². The van der Waals surface area contributed by atoms with Crippen molar-refractivity contribution in [2.75, 3.05) is 19.8 Å². The molecule has 2 fully saturated rings. The van der Waals surface area contributed by atoms with E-state index in [2.05, 4.69) is 5.18 Å². The van der Waals surface area contributed by atoms with Crippen LogP contribution < -0.4 is 0 Å². The Morgan fingerprint density at radius 3 is 2.57 bits per heavy atom. The molecule has 9 heteroatoms. The van der Waals surface area contributed by atoms with Crippen LogP contribution in [0.2, 0.25) is 0 Å². The summed E-state index contributed by atoms with van der Waals surface area (Å²) in [5.41, 5.74) is 0. The maximum Gasteiger partial charge on any atom is 0.161 e. The molecule has 0 amide bonds. The second-order valence-corrected chi connectivity index (χ2v) is 5.31. The van der Waals surface area contributed by atoms with Crippen molar-refractivity contribution in [2.24, 2.45) is 5.18 Å². The van der Waals surface area contributed by atoms with Crippen molar-refractivity contribution in [3.05, 3.63) is 4.91 Å². The van der Waals surface area contributed by atoms with Gasteiger partial charge >= 0.3 is 0 Å². The highest BCUT2D eigenvalue weighted by atomic mass is 16.7. The molecule has 2 aliphatic heterocycles. The third-order valence-corrected chi connectivity index (χ3v) is 3.76. The monoisotopic (exact) mass is 307 g/mol. The zero-order chi connectivity index (χ0) is 15.4. The van der Waals surface area contributed by atoms with Crippen molar-refractivity contribution in [1.29, 1.82) is 0 Å². The summed E-state index contributed by atoms with van der Waals surface area (Å²) in [7, 11) is 0. The number of nitroso groups, excluding NO2 is 1. The minimum absolute atomic E-state index is 0.0293. The van der Waals surface area contributed by atoms with Crippen molar-refractivity contribution in [3.8, 4) is 0 Å². The zero-order valence-electron chi connectivity index (χ0n) is 11.4. The molecule has 0 unspecified atom stereocenters. The van der Waals surface area contributed by atoms with Crippen LogP contribution in [-0.2, 0) is 14.2 Å². The maximum absolute atomic E-state index is 10.9. The molecule has 0 spiro atoms. The second-order valence-electron chi connectivity index (χ2n) is 5.31. The molecule has 0 aromatic heterocycles. The Hall–Kier alpha value is -0.680. The molecule has 2 rings (SSSR count). The van der Waals surface area contributed by atoms with Gasteiger partial charge in [0.15, 0.2) is 6.29 Å². The summed E-state index contributed by atoms with van der Waals surface area (Å²) < 4.78 is 16.2. The molecule has 0 radical (unpaired) electrons. The Balaban J connectivity index is 1.96. The van der Waals surface area contributed by atoms with Gasteiger partial charge in [-0.3, -0.25) is 0 Å². The Morgan fingerprint density at radius 1 is 1.19 bits per heavy atom. The molecule has 21 heavy (non-hydrogen) atoms. The highest BCUT2D eigenvalue weighted by Crippen LogP contribution is 2.26. The summed E-state index contributed by atoms with van der Waals surface area (Å²) in [6.07, 6.45) is -4.52. The third kappa shape index (κ3) is 3.95. The lowest BCUT2D eigenvalue weighted by Gasteiger charge is -2.39. The molecule has 0 aromatic rings. The smallest absolute Gasteiger partial charge is 0.161 e. The largest absolute Gasteiger partial charge is 0.394 e. The Morgan fingerprint density at radius 2 is 1.95 bits per heavy atom. The van der Waals surface area contributed by atoms with Crippen molar-refractivity contribution < 1.29 is 34.6 Å². The fraction of sp³-hybridized carbons (Fsp3) is 1.00. The molecule has 2 saturated heterocycles. The summed E-state index contributed by atoms with van der Waals surface area (Å²) in [6, 6.07) is -1.09. The lowest BCUT2D eigenvalue weighted by molar-refractivity contribution is -0.265. The molecular formula is C12H21NO8. The van der Waals surface area contributed by atoms with Gasteiger partial charge < -0.3 is 34.6 Å². The van der Waals surface area contributed by atoms with Gasteiger partial charge in [0.25, 0.3) is 0 Å². The van der Waals surface area contributed by atoms with Gasteiger partial charge in [0.1, 0.15) is 24.4 Å². The summed E-state index contributed by atoms with van der Waals surface area (Å²) in [5, 5.41) is 40.5. The topological polar surface area (TPSA) is 138 Å². The van der Waals surface area contributed by atoms with E-state index >= 15 is 0 Å². The molecule has 0 aromatic carbocycles. The molecule has 0 aliphatic carbocycles. The van der Waals surface area contributed by atoms with E-state index in [1.807, 2.05) is 0 Å². The number of rotatable bonds is 5. The van der Waals surface area contributed by atoms with E-state index in [9.17, 15) is 15.1 Å². The van der Waals surface area contributed by atoms with Gasteiger partial charge in [-0.1, -0.05) is 5.18 Å². The minimum Gasteiger partial charge on any atom is -0.394 e. The number of nitrogens with zero attached hydrogens (tertiary/aromatic N) is 1. The lowest BCUT2D eigenvalue weighted by Crippen LogP contribution is -2.55. The van der Waals surface area contributed by atoms with E-state index in [1.165, 1.54) is 0 Å². The molecular weight excluding hydrogens is 286 g/mol. The van der Waals surface area contributed by atoms with E-state index in [0.29, 0.717) is 6.42 Å². The average Bonchev–Trinajstić information content (AvgIpc) is 2.47. The number of aliphatic hydroxyl groups is 4. The number of hydrogen-bond donors (Lipinski definition) is 4. The maximum atomic E-state index is 10.9. The van der Waals surface area contributed by atoms with Gasteiger partial charge in [0, 0.05) is 12.8 Å². The van der Waals surface area contributed by atoms with Crippen LogP contribution in [0.25, 0.3) is 0 Å². The molecule has 7 atom stereocenters. The van der Waals surface area contributed by atoms with Crippen LogP contribution in [-0.4, -0.2) is 83.1 Å². The third-order valence-electron chi connectivity index (χ3n) is 3.76. The van der Waals surface area contributed by atoms with Gasteiger partial charge in [-0.2, -0.15) is 4.91 Å². The van der Waals surface area contributed by atoms with Crippen LogP contribution in [0.5, 0.6) is 0 Å². The second kappa shape index (κ2) is 7.54. The van der Waals surface area contributed by atoms with Crippen LogP contribution >= 0.6 is 0 Å². The van der Waals surface area contributed by atoms with Gasteiger partial charge in [-0.25, -0.2) is 0 Å². The van der Waals surface area contributed by atoms with Crippen LogP contribution in [0.3, 0.4) is 0 Å². The van der Waals surface area contributed by atoms with Gasteiger partial charge in [-0.15, -0.1) is 0 Å². The van der Waals surface area contributed by atoms with E-state index in [0.717, 1.165) is 0 Å². The van der Waals surface area contributed by atoms with E-state index in [4.69, 9.17) is 24.4 Å². The van der Waals surface area contributed by atoms with Crippen molar-refractivity contribution in [2.45, 2.75) is 55.7 Å². The molecule has 4 N–H and O–H groups in total. The fourth-order valence-corrected chi connectivity index (χ4v) is 2.61. The SMILES string of the molecule is O=N[C@H]1[C@H](O)[C@@H](CO)OC[C@@H]1O[C@@H]1C[C@H](O)C[C@H](CO)O1.